The van der Waals surface area contributed by atoms with E-state index in [1.54, 1.807) is 0 Å². The summed E-state index contributed by atoms with van der Waals surface area (Å²) in [5, 5.41) is 3.25. The highest BCUT2D eigenvalue weighted by atomic mass is 16.1. The van der Waals surface area contributed by atoms with E-state index in [0.29, 0.717) is 36.8 Å². The zero-order valence-electron chi connectivity index (χ0n) is 12.4. The van der Waals surface area contributed by atoms with Crippen LogP contribution in [0.1, 0.15) is 39.5 Å². The molecule has 4 nitrogen and oxygen atoms in total. The molecule has 3 N–H and O–H groups in total. The maximum absolute atomic E-state index is 12.2. The molecule has 3 saturated heterocycles. The lowest BCUT2D eigenvalue weighted by atomic mass is 9.84. The third-order valence-electron chi connectivity index (χ3n) is 4.61. The molecule has 0 aliphatic carbocycles. The van der Waals surface area contributed by atoms with Crippen LogP contribution in [0, 0.1) is 17.8 Å². The van der Waals surface area contributed by atoms with Crippen molar-refractivity contribution in [2.24, 2.45) is 23.5 Å². The van der Waals surface area contributed by atoms with Crippen LogP contribution in [-0.2, 0) is 4.79 Å². The van der Waals surface area contributed by atoms with Crippen molar-refractivity contribution in [1.82, 2.24) is 10.2 Å². The van der Waals surface area contributed by atoms with Crippen molar-refractivity contribution in [1.29, 1.82) is 0 Å². The van der Waals surface area contributed by atoms with Gasteiger partial charge in [0.15, 0.2) is 0 Å². The Morgan fingerprint density at radius 3 is 2.53 bits per heavy atom. The molecule has 2 atom stereocenters. The third-order valence-corrected chi connectivity index (χ3v) is 4.61. The van der Waals surface area contributed by atoms with Gasteiger partial charge in [0.25, 0.3) is 0 Å². The van der Waals surface area contributed by atoms with Crippen LogP contribution in [-0.4, -0.2) is 43.0 Å². The second-order valence-corrected chi connectivity index (χ2v) is 6.75. The van der Waals surface area contributed by atoms with E-state index in [9.17, 15) is 4.79 Å². The summed E-state index contributed by atoms with van der Waals surface area (Å²) in [5.41, 5.74) is 5.77. The maximum Gasteiger partial charge on any atom is 0.220 e. The average Bonchev–Trinajstić information content (AvgIpc) is 2.38. The first-order chi connectivity index (χ1) is 9.08. The molecule has 0 radical (unpaired) electrons. The van der Waals surface area contributed by atoms with E-state index in [2.05, 4.69) is 24.1 Å². The Morgan fingerprint density at radius 1 is 1.37 bits per heavy atom. The first-order valence-electron chi connectivity index (χ1n) is 7.80. The SMILES string of the molecule is CC(C)C[C@H](CN)CC(=O)NC1CN2CCC1CC2. The number of nitrogens with one attached hydrogen (secondary N) is 1. The second-order valence-electron chi connectivity index (χ2n) is 6.75. The van der Waals surface area contributed by atoms with Crippen molar-refractivity contribution in [3.63, 3.8) is 0 Å². The molecule has 0 aromatic carbocycles. The molecule has 2 bridgehead atoms. The number of nitrogens with two attached hydrogens (primary N) is 1. The van der Waals surface area contributed by atoms with E-state index in [-0.39, 0.29) is 5.91 Å². The second kappa shape index (κ2) is 6.71. The monoisotopic (exact) mass is 267 g/mol. The minimum absolute atomic E-state index is 0.204. The van der Waals surface area contributed by atoms with Gasteiger partial charge in [0.05, 0.1) is 0 Å². The molecule has 3 aliphatic rings. The molecule has 3 fully saturated rings. The molecule has 3 aliphatic heterocycles. The summed E-state index contributed by atoms with van der Waals surface area (Å²) < 4.78 is 0. The van der Waals surface area contributed by atoms with Crippen LogP contribution in [0.3, 0.4) is 0 Å². The zero-order valence-corrected chi connectivity index (χ0v) is 12.4. The molecule has 3 heterocycles. The Morgan fingerprint density at radius 2 is 2.05 bits per heavy atom. The molecule has 0 aromatic heterocycles. The molecule has 110 valence electrons. The number of hydrogen-bond donors (Lipinski definition) is 2. The van der Waals surface area contributed by atoms with Gasteiger partial charge in [0.2, 0.25) is 5.91 Å². The van der Waals surface area contributed by atoms with Crippen LogP contribution in [0.5, 0.6) is 0 Å². The van der Waals surface area contributed by atoms with Gasteiger partial charge in [0, 0.05) is 19.0 Å². The van der Waals surface area contributed by atoms with E-state index in [4.69, 9.17) is 5.73 Å². The van der Waals surface area contributed by atoms with Gasteiger partial charge in [-0.2, -0.15) is 0 Å². The van der Waals surface area contributed by atoms with Crippen LogP contribution < -0.4 is 11.1 Å². The highest BCUT2D eigenvalue weighted by Gasteiger charge is 2.34. The lowest BCUT2D eigenvalue weighted by Crippen LogP contribution is -2.57. The number of fused-ring (bicyclic) bond motifs is 3. The molecule has 4 heteroatoms. The minimum Gasteiger partial charge on any atom is -0.352 e. The Hall–Kier alpha value is -0.610. The summed E-state index contributed by atoms with van der Waals surface area (Å²) in [4.78, 5) is 14.6. The molecule has 3 rings (SSSR count). The van der Waals surface area contributed by atoms with Crippen LogP contribution in [0.4, 0.5) is 0 Å². The van der Waals surface area contributed by atoms with E-state index in [1.165, 1.54) is 25.9 Å². The summed E-state index contributed by atoms with van der Waals surface area (Å²) >= 11 is 0. The van der Waals surface area contributed by atoms with Gasteiger partial charge in [-0.05, 0) is 56.7 Å². The number of rotatable bonds is 6. The molecule has 1 amide bonds. The van der Waals surface area contributed by atoms with Gasteiger partial charge < -0.3 is 16.0 Å². The highest BCUT2D eigenvalue weighted by Crippen LogP contribution is 2.27. The largest absolute Gasteiger partial charge is 0.352 e. The lowest BCUT2D eigenvalue weighted by Gasteiger charge is -2.45. The molecule has 0 spiro atoms. The maximum atomic E-state index is 12.2. The van der Waals surface area contributed by atoms with E-state index < -0.39 is 0 Å². The van der Waals surface area contributed by atoms with Crippen LogP contribution in [0.2, 0.25) is 0 Å². The van der Waals surface area contributed by atoms with Crippen LogP contribution >= 0.6 is 0 Å². The Balaban J connectivity index is 1.77. The fraction of sp³-hybridized carbons (Fsp3) is 0.933. The van der Waals surface area contributed by atoms with Crippen molar-refractivity contribution in [2.45, 2.75) is 45.6 Å². The average molecular weight is 267 g/mol. The van der Waals surface area contributed by atoms with Crippen molar-refractivity contribution in [2.75, 3.05) is 26.2 Å². The van der Waals surface area contributed by atoms with E-state index in [0.717, 1.165) is 13.0 Å². The van der Waals surface area contributed by atoms with E-state index in [1.807, 2.05) is 0 Å². The summed E-state index contributed by atoms with van der Waals surface area (Å²) in [6, 6.07) is 0.382. The predicted molar refractivity (Wildman–Crippen MR) is 77.7 cm³/mol. The molecule has 0 aromatic rings. The number of nitrogens with zero attached hydrogens (tertiary/aromatic N) is 1. The molecule has 19 heavy (non-hydrogen) atoms. The molecule has 1 unspecified atom stereocenters. The topological polar surface area (TPSA) is 58.4 Å². The van der Waals surface area contributed by atoms with Gasteiger partial charge in [-0.3, -0.25) is 4.79 Å². The van der Waals surface area contributed by atoms with Gasteiger partial charge >= 0.3 is 0 Å². The lowest BCUT2D eigenvalue weighted by molar-refractivity contribution is -0.124. The Kier molecular flexibility index (Phi) is 5.22. The number of hydrogen-bond acceptors (Lipinski definition) is 3. The normalized spacial score (nSPS) is 31.5. The third kappa shape index (κ3) is 4.18. The number of carbonyl (C=O) groups is 1. The molecule has 0 saturated carbocycles. The summed E-state index contributed by atoms with van der Waals surface area (Å²) in [7, 11) is 0. The van der Waals surface area contributed by atoms with Crippen LogP contribution in [0.15, 0.2) is 0 Å². The number of amides is 1. The van der Waals surface area contributed by atoms with Crippen LogP contribution in [0.25, 0.3) is 0 Å². The number of piperidine rings is 3. The molecular formula is C15H29N3O. The highest BCUT2D eigenvalue weighted by molar-refractivity contribution is 5.76. The molecular weight excluding hydrogens is 238 g/mol. The fourth-order valence-corrected chi connectivity index (χ4v) is 3.59. The summed E-state index contributed by atoms with van der Waals surface area (Å²) in [6.07, 6.45) is 4.14. The number of carbonyl (C=O) groups excluding carboxylic acids is 1. The first kappa shape index (κ1) is 14.8. The van der Waals surface area contributed by atoms with Crippen molar-refractivity contribution in [3.8, 4) is 0 Å². The Bertz CT molecular complexity index is 298. The van der Waals surface area contributed by atoms with Gasteiger partial charge in [-0.25, -0.2) is 0 Å². The fourth-order valence-electron chi connectivity index (χ4n) is 3.59. The van der Waals surface area contributed by atoms with Crippen molar-refractivity contribution < 1.29 is 4.79 Å². The summed E-state index contributed by atoms with van der Waals surface area (Å²) in [6.45, 7) is 8.48. The summed E-state index contributed by atoms with van der Waals surface area (Å²) in [5.74, 6) is 1.85. The van der Waals surface area contributed by atoms with E-state index >= 15 is 0 Å². The minimum atomic E-state index is 0.204. The van der Waals surface area contributed by atoms with Crippen molar-refractivity contribution in [3.05, 3.63) is 0 Å². The van der Waals surface area contributed by atoms with Gasteiger partial charge in [0.1, 0.15) is 0 Å². The zero-order chi connectivity index (χ0) is 13.8. The van der Waals surface area contributed by atoms with Crippen molar-refractivity contribution >= 4 is 5.91 Å². The quantitative estimate of drug-likeness (QED) is 0.760. The smallest absolute Gasteiger partial charge is 0.220 e. The standard InChI is InChI=1S/C15H29N3O/c1-11(2)7-12(9-16)8-15(19)17-14-10-18-5-3-13(14)4-6-18/h11-14H,3-10,16H2,1-2H3,(H,17,19)/t12-,14?/m0/s1. The Labute approximate surface area is 117 Å². The van der Waals surface area contributed by atoms with Gasteiger partial charge in [-0.1, -0.05) is 13.8 Å². The first-order valence-corrected chi connectivity index (χ1v) is 7.80. The predicted octanol–water partition coefficient (Wildman–Crippen LogP) is 1.21. The van der Waals surface area contributed by atoms with Gasteiger partial charge in [-0.15, -0.1) is 0 Å².